The van der Waals surface area contributed by atoms with Crippen LogP contribution < -0.4 is 10.0 Å². The third-order valence-corrected chi connectivity index (χ3v) is 10.2. The highest BCUT2D eigenvalue weighted by atomic mass is 35.5. The molecule has 0 aliphatic heterocycles. The van der Waals surface area contributed by atoms with Crippen LogP contribution in [0.5, 0.6) is 0 Å². The maximum atomic E-state index is 16.0. The molecule has 0 radical (unpaired) electrons. The number of aryl methyl sites for hydroxylation is 1. The lowest BCUT2D eigenvalue weighted by Crippen LogP contribution is -2.31. The maximum Gasteiger partial charge on any atom is 0.418 e. The van der Waals surface area contributed by atoms with Crippen LogP contribution in [0.25, 0.3) is 16.8 Å². The summed E-state index contributed by atoms with van der Waals surface area (Å²) in [5.41, 5.74) is -1.23. The number of nitriles is 1. The number of alkyl halides is 3. The fourth-order valence-corrected chi connectivity index (χ4v) is 7.23. The zero-order valence-electron chi connectivity index (χ0n) is 29.1. The third-order valence-electron chi connectivity index (χ3n) is 8.52. The average molecular weight is 780 g/mol. The van der Waals surface area contributed by atoms with Gasteiger partial charge < -0.3 is 5.32 Å². The highest BCUT2D eigenvalue weighted by molar-refractivity contribution is 7.90. The molecule has 2 amide bonds. The second-order valence-electron chi connectivity index (χ2n) is 12.3. The first-order chi connectivity index (χ1) is 25.7. The van der Waals surface area contributed by atoms with Crippen molar-refractivity contribution in [3.8, 4) is 22.9 Å². The Kier molecular flexibility index (Phi) is 12.2. The monoisotopic (exact) mass is 779 g/mol. The highest BCUT2D eigenvalue weighted by Gasteiger charge is 2.36. The number of halogens is 5. The van der Waals surface area contributed by atoms with Gasteiger partial charge in [0.15, 0.2) is 0 Å². The van der Waals surface area contributed by atoms with E-state index in [0.717, 1.165) is 28.9 Å². The fraction of sp³-hybridized carbons (Fsp3) is 0.231. The number of hydrogen-bond donors (Lipinski definition) is 2. The lowest BCUT2D eigenvalue weighted by atomic mass is 9.97. The minimum atomic E-state index is -4.86. The Hall–Kier alpha value is -5.52. The highest BCUT2D eigenvalue weighted by Crippen LogP contribution is 2.36. The fourth-order valence-electron chi connectivity index (χ4n) is 5.81. The molecule has 0 fully saturated rings. The Morgan fingerprint density at radius 1 is 0.944 bits per heavy atom. The normalized spacial score (nSPS) is 11.6. The molecular weight excluding hydrogens is 746 g/mol. The van der Waals surface area contributed by atoms with Gasteiger partial charge in [-0.15, -0.1) is 0 Å². The van der Waals surface area contributed by atoms with Crippen LogP contribution in [-0.2, 0) is 29.0 Å². The topological polar surface area (TPSA) is 134 Å². The SMILES string of the molecule is CCCCc1nn(-c2cc(C(=O)NCCC)ccc2C(F)(F)F)c(C#N)c1Cc1ccc(-c2ccccc2S(=O)(=O)NC(=O)c2ccccc2Cl)cc1F. The number of rotatable bonds is 13. The van der Waals surface area contributed by atoms with Crippen molar-refractivity contribution in [3.05, 3.63) is 135 Å². The molecule has 15 heteroatoms. The summed E-state index contributed by atoms with van der Waals surface area (Å²) in [4.78, 5) is 25.3. The van der Waals surface area contributed by atoms with Gasteiger partial charge in [0.1, 0.15) is 17.6 Å². The number of nitrogens with zero attached hydrogens (tertiary/aromatic N) is 3. The van der Waals surface area contributed by atoms with Crippen LogP contribution >= 0.6 is 11.6 Å². The van der Waals surface area contributed by atoms with Crippen LogP contribution in [0.4, 0.5) is 17.6 Å². The molecule has 1 aromatic heterocycles. The molecule has 0 saturated carbocycles. The van der Waals surface area contributed by atoms with Crippen LogP contribution in [0, 0.1) is 17.1 Å². The molecule has 1 heterocycles. The maximum absolute atomic E-state index is 16.0. The van der Waals surface area contributed by atoms with Crippen molar-refractivity contribution in [1.82, 2.24) is 19.8 Å². The molecule has 2 N–H and O–H groups in total. The Labute approximate surface area is 314 Å². The zero-order valence-corrected chi connectivity index (χ0v) is 30.7. The predicted molar refractivity (Wildman–Crippen MR) is 195 cm³/mol. The number of hydrogen-bond acceptors (Lipinski definition) is 6. The van der Waals surface area contributed by atoms with E-state index in [1.807, 2.05) is 24.6 Å². The number of aromatic nitrogens is 2. The van der Waals surface area contributed by atoms with Crippen LogP contribution in [0.3, 0.4) is 0 Å². The lowest BCUT2D eigenvalue weighted by molar-refractivity contribution is -0.137. The minimum absolute atomic E-state index is 0.0446. The Balaban J connectivity index is 1.55. The van der Waals surface area contributed by atoms with Gasteiger partial charge in [-0.3, -0.25) is 9.59 Å². The molecule has 0 spiro atoms. The van der Waals surface area contributed by atoms with Gasteiger partial charge in [-0.2, -0.15) is 23.5 Å². The molecule has 0 aliphatic carbocycles. The van der Waals surface area contributed by atoms with Gasteiger partial charge in [0.25, 0.3) is 21.8 Å². The summed E-state index contributed by atoms with van der Waals surface area (Å²) in [6, 6.07) is 20.4. The second-order valence-corrected chi connectivity index (χ2v) is 14.3. The molecule has 54 heavy (non-hydrogen) atoms. The summed E-state index contributed by atoms with van der Waals surface area (Å²) < 4.78 is 88.6. The first-order valence-electron chi connectivity index (χ1n) is 16.9. The van der Waals surface area contributed by atoms with Crippen molar-refractivity contribution in [2.75, 3.05) is 6.54 Å². The summed E-state index contributed by atoms with van der Waals surface area (Å²) in [6.07, 6.45) is -2.96. The summed E-state index contributed by atoms with van der Waals surface area (Å²) in [5.74, 6) is -2.34. The van der Waals surface area contributed by atoms with Gasteiger partial charge in [-0.25, -0.2) is 22.2 Å². The van der Waals surface area contributed by atoms with Gasteiger partial charge >= 0.3 is 6.18 Å². The van der Waals surface area contributed by atoms with Gasteiger partial charge in [0.05, 0.1) is 32.4 Å². The Morgan fingerprint density at radius 2 is 1.67 bits per heavy atom. The molecule has 9 nitrogen and oxygen atoms in total. The zero-order chi connectivity index (χ0) is 39.2. The molecule has 0 atom stereocenters. The van der Waals surface area contributed by atoms with E-state index in [0.29, 0.717) is 25.8 Å². The van der Waals surface area contributed by atoms with Gasteiger partial charge in [-0.05, 0) is 72.9 Å². The largest absolute Gasteiger partial charge is 0.418 e. The molecule has 280 valence electrons. The number of nitrogens with one attached hydrogen (secondary N) is 2. The third kappa shape index (κ3) is 8.64. The van der Waals surface area contributed by atoms with Crippen LogP contribution in [0.15, 0.2) is 89.8 Å². The Morgan fingerprint density at radius 3 is 2.33 bits per heavy atom. The van der Waals surface area contributed by atoms with Gasteiger partial charge in [0, 0.05) is 29.7 Å². The first-order valence-corrected chi connectivity index (χ1v) is 18.8. The number of carbonyl (C=O) groups is 2. The van der Waals surface area contributed by atoms with Crippen molar-refractivity contribution in [2.45, 2.75) is 57.0 Å². The molecule has 0 bridgehead atoms. The molecule has 0 aliphatic rings. The van der Waals surface area contributed by atoms with Crippen molar-refractivity contribution >= 4 is 33.4 Å². The van der Waals surface area contributed by atoms with Crippen molar-refractivity contribution < 1.29 is 35.6 Å². The standard InChI is InChI=1S/C39H34ClF4N5O4S/c1-3-5-13-33-29(35(23-45)49(47-33)34-22-26(37(50)46-19-4-2)17-18-30(34)39(42,43)44)20-25-16-15-24(21-32(25)41)27-10-7-9-14-36(27)54(52,53)48-38(51)28-11-6-8-12-31(28)40/h6-12,14-18,21-22H,3-5,13,19-20H2,1-2H3,(H,46,50)(H,48,51). The minimum Gasteiger partial charge on any atom is -0.352 e. The quantitative estimate of drug-likeness (QED) is 0.115. The van der Waals surface area contributed by atoms with Crippen LogP contribution in [-0.4, -0.2) is 36.6 Å². The van der Waals surface area contributed by atoms with E-state index in [4.69, 9.17) is 11.6 Å². The summed E-state index contributed by atoms with van der Waals surface area (Å²) in [5, 5.41) is 17.4. The van der Waals surface area contributed by atoms with E-state index in [-0.39, 0.29) is 67.5 Å². The molecule has 0 unspecified atom stereocenters. The molecule has 5 rings (SSSR count). The van der Waals surface area contributed by atoms with E-state index in [1.165, 1.54) is 48.5 Å². The molecule has 0 saturated heterocycles. The summed E-state index contributed by atoms with van der Waals surface area (Å²) in [6.45, 7) is 4.03. The lowest BCUT2D eigenvalue weighted by Gasteiger charge is -2.15. The molecule has 4 aromatic carbocycles. The summed E-state index contributed by atoms with van der Waals surface area (Å²) >= 11 is 6.08. The number of unbranched alkanes of at least 4 members (excludes halogenated alkanes) is 1. The van der Waals surface area contributed by atoms with Crippen LogP contribution in [0.2, 0.25) is 5.02 Å². The average Bonchev–Trinajstić information content (AvgIpc) is 3.49. The van der Waals surface area contributed by atoms with Gasteiger partial charge in [0.2, 0.25) is 0 Å². The van der Waals surface area contributed by atoms with E-state index < -0.39 is 45.1 Å². The van der Waals surface area contributed by atoms with Gasteiger partial charge in [-0.1, -0.05) is 74.3 Å². The van der Waals surface area contributed by atoms with E-state index >= 15 is 4.39 Å². The van der Waals surface area contributed by atoms with Crippen LogP contribution in [0.1, 0.15) is 81.9 Å². The molecule has 5 aromatic rings. The van der Waals surface area contributed by atoms with Crippen molar-refractivity contribution in [3.63, 3.8) is 0 Å². The smallest absolute Gasteiger partial charge is 0.352 e. The van der Waals surface area contributed by atoms with E-state index in [1.54, 1.807) is 12.1 Å². The van der Waals surface area contributed by atoms with E-state index in [9.17, 15) is 36.4 Å². The number of benzene rings is 4. The number of amides is 2. The van der Waals surface area contributed by atoms with Crippen molar-refractivity contribution in [1.29, 1.82) is 5.26 Å². The number of sulfonamides is 1. The van der Waals surface area contributed by atoms with E-state index in [2.05, 4.69) is 10.4 Å². The summed E-state index contributed by atoms with van der Waals surface area (Å²) in [7, 11) is -4.48. The Bertz CT molecular complexity index is 2370. The first kappa shape index (κ1) is 39.7. The second kappa shape index (κ2) is 16.7. The van der Waals surface area contributed by atoms with Crippen molar-refractivity contribution in [2.24, 2.45) is 0 Å². The number of carbonyl (C=O) groups excluding carboxylic acids is 2. The molecular formula is C39H34ClF4N5O4S. The predicted octanol–water partition coefficient (Wildman–Crippen LogP) is 8.41.